The van der Waals surface area contributed by atoms with Crippen LogP contribution >= 0.6 is 0 Å². The highest BCUT2D eigenvalue weighted by Gasteiger charge is 2.20. The molecule has 0 aliphatic carbocycles. The van der Waals surface area contributed by atoms with Crippen LogP contribution in [0.1, 0.15) is 23.7 Å². The van der Waals surface area contributed by atoms with Gasteiger partial charge in [-0.1, -0.05) is 6.07 Å². The van der Waals surface area contributed by atoms with Gasteiger partial charge in [-0.2, -0.15) is 0 Å². The Balaban J connectivity index is 2.81. The zero-order valence-electron chi connectivity index (χ0n) is 9.61. The number of hydrogen-bond acceptors (Lipinski definition) is 6. The van der Waals surface area contributed by atoms with Crippen molar-refractivity contribution in [3.8, 4) is 0 Å². The molecule has 0 bridgehead atoms. The minimum absolute atomic E-state index is 0.0924. The monoisotopic (exact) mass is 256 g/mol. The molecule has 1 rings (SSSR count). The minimum atomic E-state index is -1.18. The predicted molar refractivity (Wildman–Crippen MR) is 60.4 cm³/mol. The summed E-state index contributed by atoms with van der Waals surface area (Å²) >= 11 is 0. The average molecular weight is 256 g/mol. The Labute approximate surface area is 102 Å². The Kier molecular flexibility index (Phi) is 4.55. The van der Waals surface area contributed by atoms with E-state index in [0.29, 0.717) is 5.56 Å². The molecule has 0 heterocycles. The molecule has 0 saturated heterocycles. The highest BCUT2D eigenvalue weighted by Crippen LogP contribution is 2.28. The fourth-order valence-corrected chi connectivity index (χ4v) is 1.49. The molecule has 1 unspecified atom stereocenters. The second kappa shape index (κ2) is 5.92. The molecule has 0 saturated carbocycles. The van der Waals surface area contributed by atoms with E-state index >= 15 is 0 Å². The summed E-state index contributed by atoms with van der Waals surface area (Å²) in [5, 5.41) is 29.5. The van der Waals surface area contributed by atoms with Crippen molar-refractivity contribution in [2.45, 2.75) is 19.4 Å². The fraction of sp³-hybridized carbons (Fsp3) is 0.400. The largest absolute Gasteiger partial charge is 0.388 e. The molecule has 0 aliphatic heterocycles. The van der Waals surface area contributed by atoms with Gasteiger partial charge in [0.2, 0.25) is 0 Å². The quantitative estimate of drug-likeness (QED) is 0.609. The third-order valence-corrected chi connectivity index (χ3v) is 2.33. The van der Waals surface area contributed by atoms with Gasteiger partial charge in [0.05, 0.1) is 23.2 Å². The van der Waals surface area contributed by atoms with Crippen molar-refractivity contribution in [2.75, 3.05) is 6.61 Å². The molecule has 8 heteroatoms. The van der Waals surface area contributed by atoms with Gasteiger partial charge in [0.1, 0.15) is 0 Å². The lowest BCUT2D eigenvalue weighted by Gasteiger charge is -2.11. The van der Waals surface area contributed by atoms with E-state index in [1.165, 1.54) is 12.1 Å². The summed E-state index contributed by atoms with van der Waals surface area (Å²) in [5.74, 6) is 0. The van der Waals surface area contributed by atoms with Gasteiger partial charge in [-0.05, 0) is 18.6 Å². The maximum atomic E-state index is 10.8. The van der Waals surface area contributed by atoms with Crippen molar-refractivity contribution >= 4 is 5.69 Å². The molecular weight excluding hydrogens is 244 g/mol. The predicted octanol–water partition coefficient (Wildman–Crippen LogP) is 1.54. The standard InChI is InChI=1S/C10H12N2O6/c1-7-2-3-8(9(6-7)11(14)15)10(13)4-5-18-12(16)17/h2-3,6,10,13H,4-5H2,1H3. The summed E-state index contributed by atoms with van der Waals surface area (Å²) in [6.45, 7) is 1.37. The molecule has 1 aromatic carbocycles. The summed E-state index contributed by atoms with van der Waals surface area (Å²) in [5.41, 5.74) is 0.611. The van der Waals surface area contributed by atoms with E-state index in [1.807, 2.05) is 0 Å². The number of nitrogens with zero attached hydrogens (tertiary/aromatic N) is 2. The van der Waals surface area contributed by atoms with Crippen molar-refractivity contribution in [1.29, 1.82) is 0 Å². The molecule has 0 radical (unpaired) electrons. The van der Waals surface area contributed by atoms with Crippen LogP contribution in [0.3, 0.4) is 0 Å². The summed E-state index contributed by atoms with van der Waals surface area (Å²) in [7, 11) is 0. The van der Waals surface area contributed by atoms with Gasteiger partial charge in [-0.3, -0.25) is 10.1 Å². The van der Waals surface area contributed by atoms with E-state index in [1.54, 1.807) is 13.0 Å². The number of hydrogen-bond donors (Lipinski definition) is 1. The summed E-state index contributed by atoms with van der Waals surface area (Å²) in [4.78, 5) is 24.2. The van der Waals surface area contributed by atoms with Crippen molar-refractivity contribution in [2.24, 2.45) is 0 Å². The third-order valence-electron chi connectivity index (χ3n) is 2.33. The lowest BCUT2D eigenvalue weighted by molar-refractivity contribution is -0.758. The molecule has 0 spiro atoms. The first-order valence-electron chi connectivity index (χ1n) is 5.12. The van der Waals surface area contributed by atoms with Gasteiger partial charge in [0, 0.05) is 12.5 Å². The first-order chi connectivity index (χ1) is 8.41. The van der Waals surface area contributed by atoms with Crippen LogP contribution < -0.4 is 0 Å². The van der Waals surface area contributed by atoms with Gasteiger partial charge in [-0.25, -0.2) is 0 Å². The second-order valence-electron chi connectivity index (χ2n) is 3.68. The van der Waals surface area contributed by atoms with Crippen LogP contribution in [0.4, 0.5) is 5.69 Å². The molecule has 98 valence electrons. The zero-order chi connectivity index (χ0) is 13.7. The zero-order valence-corrected chi connectivity index (χ0v) is 9.61. The molecule has 0 fully saturated rings. The van der Waals surface area contributed by atoms with Gasteiger partial charge < -0.3 is 9.94 Å². The van der Waals surface area contributed by atoms with E-state index < -0.39 is 16.1 Å². The molecule has 0 amide bonds. The number of nitro benzene ring substituents is 1. The molecule has 1 atom stereocenters. The smallest absolute Gasteiger partial charge is 0.294 e. The highest BCUT2D eigenvalue weighted by atomic mass is 16.9. The van der Waals surface area contributed by atoms with Crippen LogP contribution in [0, 0.1) is 27.2 Å². The maximum absolute atomic E-state index is 10.8. The van der Waals surface area contributed by atoms with E-state index in [4.69, 9.17) is 0 Å². The molecule has 0 aromatic heterocycles. The number of aryl methyl sites for hydroxylation is 1. The van der Waals surface area contributed by atoms with Crippen LogP contribution in [-0.2, 0) is 4.84 Å². The van der Waals surface area contributed by atoms with Crippen LogP contribution in [0.5, 0.6) is 0 Å². The average Bonchev–Trinajstić information content (AvgIpc) is 2.28. The maximum Gasteiger partial charge on any atom is 0.294 e. The highest BCUT2D eigenvalue weighted by molar-refractivity contribution is 5.44. The van der Waals surface area contributed by atoms with Gasteiger partial charge in [0.25, 0.3) is 10.8 Å². The SMILES string of the molecule is Cc1ccc(C(O)CCO[N+](=O)[O-])c([N+](=O)[O-])c1. The lowest BCUT2D eigenvalue weighted by atomic mass is 10.0. The first-order valence-corrected chi connectivity index (χ1v) is 5.12. The second-order valence-corrected chi connectivity index (χ2v) is 3.68. The summed E-state index contributed by atoms with van der Waals surface area (Å²) in [6.07, 6.45) is -1.27. The Morgan fingerprint density at radius 1 is 1.39 bits per heavy atom. The topological polar surface area (TPSA) is 116 Å². The van der Waals surface area contributed by atoms with Crippen LogP contribution in [0.2, 0.25) is 0 Å². The summed E-state index contributed by atoms with van der Waals surface area (Å²) in [6, 6.07) is 4.40. The third kappa shape index (κ3) is 3.67. The van der Waals surface area contributed by atoms with Gasteiger partial charge in [0.15, 0.2) is 0 Å². The number of aliphatic hydroxyl groups is 1. The number of rotatable bonds is 6. The van der Waals surface area contributed by atoms with Crippen LogP contribution in [0.15, 0.2) is 18.2 Å². The Morgan fingerprint density at radius 3 is 2.61 bits per heavy atom. The first kappa shape index (κ1) is 13.8. The van der Waals surface area contributed by atoms with Crippen molar-refractivity contribution < 1.29 is 20.0 Å². The molecular formula is C10H12N2O6. The molecule has 18 heavy (non-hydrogen) atoms. The van der Waals surface area contributed by atoms with Crippen LogP contribution in [0.25, 0.3) is 0 Å². The number of aliphatic hydroxyl groups excluding tert-OH is 1. The van der Waals surface area contributed by atoms with Crippen molar-refractivity contribution in [3.05, 3.63) is 49.6 Å². The van der Waals surface area contributed by atoms with Crippen molar-refractivity contribution in [3.63, 3.8) is 0 Å². The molecule has 1 aromatic rings. The summed E-state index contributed by atoms with van der Waals surface area (Å²) < 4.78 is 0. The fourth-order valence-electron chi connectivity index (χ4n) is 1.49. The van der Waals surface area contributed by atoms with E-state index in [9.17, 15) is 25.3 Å². The minimum Gasteiger partial charge on any atom is -0.388 e. The molecule has 1 N–H and O–H groups in total. The van der Waals surface area contributed by atoms with E-state index in [-0.39, 0.29) is 24.3 Å². The van der Waals surface area contributed by atoms with Crippen LogP contribution in [-0.4, -0.2) is 21.7 Å². The van der Waals surface area contributed by atoms with Gasteiger partial charge in [-0.15, -0.1) is 10.1 Å². The van der Waals surface area contributed by atoms with E-state index in [0.717, 1.165) is 0 Å². The molecule has 0 aliphatic rings. The Bertz CT molecular complexity index is 462. The number of benzene rings is 1. The Hall–Kier alpha value is -2.22. The number of nitro groups is 1. The Morgan fingerprint density at radius 2 is 2.06 bits per heavy atom. The normalized spacial score (nSPS) is 11.9. The molecule has 8 nitrogen and oxygen atoms in total. The van der Waals surface area contributed by atoms with Gasteiger partial charge >= 0.3 is 0 Å². The van der Waals surface area contributed by atoms with Crippen molar-refractivity contribution in [1.82, 2.24) is 0 Å². The lowest BCUT2D eigenvalue weighted by Crippen LogP contribution is -2.09. The van der Waals surface area contributed by atoms with E-state index in [2.05, 4.69) is 4.84 Å².